The summed E-state index contributed by atoms with van der Waals surface area (Å²) in [7, 11) is 0. The van der Waals surface area contributed by atoms with Gasteiger partial charge in [-0.15, -0.1) is 0 Å². The van der Waals surface area contributed by atoms with Crippen molar-refractivity contribution in [3.05, 3.63) is 22.2 Å². The van der Waals surface area contributed by atoms with Crippen LogP contribution in [0.1, 0.15) is 23.2 Å². The molecule has 0 aromatic heterocycles. The average Bonchev–Trinajstić information content (AvgIpc) is 2.95. The van der Waals surface area contributed by atoms with E-state index in [1.807, 2.05) is 0 Å². The third kappa shape index (κ3) is 2.70. The second kappa shape index (κ2) is 5.55. The Morgan fingerprint density at radius 2 is 1.95 bits per heavy atom. The Morgan fingerprint density at radius 1 is 1.24 bits per heavy atom. The Hall–Kier alpha value is -1.76. The Balaban J connectivity index is 1.75. The minimum absolute atomic E-state index is 0.0723. The summed E-state index contributed by atoms with van der Waals surface area (Å²) in [6.45, 7) is 1.24. The van der Waals surface area contributed by atoms with Gasteiger partial charge < -0.3 is 20.1 Å². The lowest BCUT2D eigenvalue weighted by Gasteiger charge is -2.30. The van der Waals surface area contributed by atoms with Crippen molar-refractivity contribution in [3.8, 4) is 11.5 Å². The van der Waals surface area contributed by atoms with Crippen molar-refractivity contribution in [2.45, 2.75) is 12.8 Å². The number of benzene rings is 1. The maximum Gasteiger partial charge on any atom is 0.254 e. The van der Waals surface area contributed by atoms with E-state index in [-0.39, 0.29) is 24.5 Å². The molecule has 1 fully saturated rings. The molecule has 0 spiro atoms. The fraction of sp³-hybridized carbons (Fsp3) is 0.429. The number of ether oxygens (including phenoxy) is 2. The first-order valence-electron chi connectivity index (χ1n) is 6.74. The van der Waals surface area contributed by atoms with E-state index < -0.39 is 0 Å². The Kier molecular flexibility index (Phi) is 3.75. The van der Waals surface area contributed by atoms with E-state index in [9.17, 15) is 9.59 Å². The Morgan fingerprint density at radius 3 is 2.62 bits per heavy atom. The second-order valence-electron chi connectivity index (χ2n) is 5.16. The molecule has 0 saturated carbocycles. The molecular weight excluding hydrogens is 340 g/mol. The molecule has 0 atom stereocenters. The molecular formula is C14H15BrN2O4. The molecule has 2 N–H and O–H groups in total. The summed E-state index contributed by atoms with van der Waals surface area (Å²) in [5.74, 6) is 0.709. The smallest absolute Gasteiger partial charge is 0.254 e. The van der Waals surface area contributed by atoms with Gasteiger partial charge in [0.2, 0.25) is 12.7 Å². The number of amides is 2. The highest BCUT2D eigenvalue weighted by Gasteiger charge is 2.28. The molecule has 1 aromatic rings. The predicted molar refractivity (Wildman–Crippen MR) is 78.1 cm³/mol. The van der Waals surface area contributed by atoms with Crippen LogP contribution in [0.2, 0.25) is 0 Å². The maximum atomic E-state index is 12.5. The summed E-state index contributed by atoms with van der Waals surface area (Å²) in [5, 5.41) is 0. The van der Waals surface area contributed by atoms with Gasteiger partial charge in [-0.2, -0.15) is 0 Å². The molecule has 2 amide bonds. The van der Waals surface area contributed by atoms with Gasteiger partial charge in [-0.25, -0.2) is 0 Å². The average molecular weight is 355 g/mol. The van der Waals surface area contributed by atoms with Crippen LogP contribution in [-0.4, -0.2) is 36.6 Å². The fourth-order valence-electron chi connectivity index (χ4n) is 2.64. The molecule has 1 saturated heterocycles. The van der Waals surface area contributed by atoms with Gasteiger partial charge in [0.25, 0.3) is 5.91 Å². The topological polar surface area (TPSA) is 81.9 Å². The quantitative estimate of drug-likeness (QED) is 0.872. The van der Waals surface area contributed by atoms with Gasteiger partial charge in [0, 0.05) is 24.6 Å². The van der Waals surface area contributed by atoms with Gasteiger partial charge in [0.15, 0.2) is 11.5 Å². The number of piperidine rings is 1. The predicted octanol–water partition coefficient (Wildman–Crippen LogP) is 1.52. The molecule has 7 heteroatoms. The number of fused-ring (bicyclic) bond motifs is 1. The molecule has 0 bridgehead atoms. The fourth-order valence-corrected chi connectivity index (χ4v) is 3.20. The summed E-state index contributed by atoms with van der Waals surface area (Å²) < 4.78 is 11.3. The van der Waals surface area contributed by atoms with Crippen LogP contribution in [0, 0.1) is 5.92 Å². The molecule has 21 heavy (non-hydrogen) atoms. The zero-order valence-electron chi connectivity index (χ0n) is 11.3. The maximum absolute atomic E-state index is 12.5. The number of likely N-dealkylation sites (tertiary alicyclic amines) is 1. The number of halogens is 1. The molecule has 1 aromatic carbocycles. The van der Waals surface area contributed by atoms with Crippen molar-refractivity contribution >= 4 is 27.7 Å². The minimum Gasteiger partial charge on any atom is -0.454 e. The van der Waals surface area contributed by atoms with Crippen LogP contribution in [0.4, 0.5) is 0 Å². The molecule has 0 radical (unpaired) electrons. The van der Waals surface area contributed by atoms with Gasteiger partial charge in [0.05, 0.1) is 4.47 Å². The van der Waals surface area contributed by atoms with Gasteiger partial charge >= 0.3 is 0 Å². The first-order chi connectivity index (χ1) is 10.1. The number of carbonyl (C=O) groups excluding carboxylic acids is 2. The SMILES string of the molecule is NC(=O)C1CCN(C(=O)c2cc(Br)c3c(c2)OCO3)CC1. The lowest BCUT2D eigenvalue weighted by atomic mass is 9.96. The van der Waals surface area contributed by atoms with Crippen molar-refractivity contribution in [1.82, 2.24) is 4.90 Å². The van der Waals surface area contributed by atoms with Crippen molar-refractivity contribution in [3.63, 3.8) is 0 Å². The van der Waals surface area contributed by atoms with Crippen molar-refractivity contribution < 1.29 is 19.1 Å². The zero-order chi connectivity index (χ0) is 15.0. The van der Waals surface area contributed by atoms with Crippen LogP contribution in [0.5, 0.6) is 11.5 Å². The van der Waals surface area contributed by atoms with Crippen molar-refractivity contribution in [1.29, 1.82) is 0 Å². The van der Waals surface area contributed by atoms with Gasteiger partial charge in [0.1, 0.15) is 0 Å². The first kappa shape index (κ1) is 14.2. The highest BCUT2D eigenvalue weighted by atomic mass is 79.9. The lowest BCUT2D eigenvalue weighted by Crippen LogP contribution is -2.41. The third-order valence-electron chi connectivity index (χ3n) is 3.86. The largest absolute Gasteiger partial charge is 0.454 e. The van der Waals surface area contributed by atoms with Crippen molar-refractivity contribution in [2.24, 2.45) is 11.7 Å². The molecule has 0 aliphatic carbocycles. The van der Waals surface area contributed by atoms with Gasteiger partial charge in [-0.3, -0.25) is 9.59 Å². The third-order valence-corrected chi connectivity index (χ3v) is 4.45. The zero-order valence-corrected chi connectivity index (χ0v) is 12.9. The number of nitrogens with zero attached hydrogens (tertiary/aromatic N) is 1. The molecule has 0 unspecified atom stereocenters. The van der Waals surface area contributed by atoms with Crippen LogP contribution in [-0.2, 0) is 4.79 Å². The second-order valence-corrected chi connectivity index (χ2v) is 6.02. The van der Waals surface area contributed by atoms with E-state index in [0.717, 1.165) is 0 Å². The molecule has 112 valence electrons. The minimum atomic E-state index is -0.284. The number of carbonyl (C=O) groups is 2. The summed E-state index contributed by atoms with van der Waals surface area (Å²) in [6.07, 6.45) is 1.24. The first-order valence-corrected chi connectivity index (χ1v) is 7.53. The molecule has 2 aliphatic heterocycles. The molecule has 3 rings (SSSR count). The van der Waals surface area contributed by atoms with Crippen LogP contribution < -0.4 is 15.2 Å². The van der Waals surface area contributed by atoms with E-state index in [1.54, 1.807) is 17.0 Å². The standard InChI is InChI=1S/C14H15BrN2O4/c15-10-5-9(6-11-12(10)21-7-20-11)14(19)17-3-1-8(2-4-17)13(16)18/h5-6,8H,1-4,7H2,(H2,16,18). The highest BCUT2D eigenvalue weighted by Crippen LogP contribution is 2.40. The van der Waals surface area contributed by atoms with Crippen molar-refractivity contribution in [2.75, 3.05) is 19.9 Å². The molecule has 6 nitrogen and oxygen atoms in total. The number of hydrogen-bond donors (Lipinski definition) is 1. The normalized spacial score (nSPS) is 17.9. The van der Waals surface area contributed by atoms with Crippen LogP contribution in [0.3, 0.4) is 0 Å². The summed E-state index contributed by atoms with van der Waals surface area (Å²) in [6, 6.07) is 3.42. The van der Waals surface area contributed by atoms with E-state index in [4.69, 9.17) is 15.2 Å². The number of nitrogens with two attached hydrogens (primary N) is 1. The van der Waals surface area contributed by atoms with Gasteiger partial charge in [-0.1, -0.05) is 0 Å². The van der Waals surface area contributed by atoms with E-state index >= 15 is 0 Å². The summed E-state index contributed by atoms with van der Waals surface area (Å²) >= 11 is 3.38. The van der Waals surface area contributed by atoms with Gasteiger partial charge in [-0.05, 0) is 40.9 Å². The van der Waals surface area contributed by atoms with Crippen LogP contribution in [0.15, 0.2) is 16.6 Å². The summed E-state index contributed by atoms with van der Waals surface area (Å²) in [5.41, 5.74) is 5.85. The van der Waals surface area contributed by atoms with E-state index in [2.05, 4.69) is 15.9 Å². The Labute approximate surface area is 130 Å². The monoisotopic (exact) mass is 354 g/mol. The lowest BCUT2D eigenvalue weighted by molar-refractivity contribution is -0.123. The molecule has 2 aliphatic rings. The number of hydrogen-bond acceptors (Lipinski definition) is 4. The highest BCUT2D eigenvalue weighted by molar-refractivity contribution is 9.10. The number of primary amides is 1. The molecule has 2 heterocycles. The van der Waals surface area contributed by atoms with Crippen LogP contribution in [0.25, 0.3) is 0 Å². The number of rotatable bonds is 2. The van der Waals surface area contributed by atoms with E-state index in [1.165, 1.54) is 0 Å². The van der Waals surface area contributed by atoms with Crippen LogP contribution >= 0.6 is 15.9 Å². The Bertz CT molecular complexity index is 597. The van der Waals surface area contributed by atoms with E-state index in [0.29, 0.717) is 47.5 Å². The summed E-state index contributed by atoms with van der Waals surface area (Å²) in [4.78, 5) is 25.4.